The van der Waals surface area contributed by atoms with Gasteiger partial charge in [-0.05, 0) is 67.3 Å². The fraction of sp³-hybridized carbons (Fsp3) is 0.900. The molecular formula is C20H30O3. The molecule has 1 spiro atoms. The molecule has 128 valence electrons. The van der Waals surface area contributed by atoms with E-state index in [9.17, 15) is 10.2 Å². The molecule has 0 aromatic heterocycles. The summed E-state index contributed by atoms with van der Waals surface area (Å²) in [5.41, 5.74) is 1.06. The average Bonchev–Trinajstić information content (AvgIpc) is 2.52. The van der Waals surface area contributed by atoms with Crippen molar-refractivity contribution < 1.29 is 14.9 Å². The standard InChI is InChI=1S/C20H30O3/c1-12-13-4-7-20(17(12)22)15(8-13)19-6-3-5-18(2,10-23-11-19)14(19)9-16(20)21/h13-17,21-22H,1,3-11H2,2H3/t13-,14?,15?,16+,17-,18-,19-,20+/m0/s1. The zero-order chi connectivity index (χ0) is 16.0. The largest absolute Gasteiger partial charge is 0.392 e. The third-order valence-electron chi connectivity index (χ3n) is 8.98. The first-order valence-electron chi connectivity index (χ1n) is 9.57. The Morgan fingerprint density at radius 1 is 1.09 bits per heavy atom. The summed E-state index contributed by atoms with van der Waals surface area (Å²) in [4.78, 5) is 0. The quantitative estimate of drug-likeness (QED) is 0.675. The maximum Gasteiger partial charge on any atom is 0.0834 e. The normalized spacial score (nSPS) is 61.0. The molecule has 0 aromatic rings. The van der Waals surface area contributed by atoms with Crippen molar-refractivity contribution in [3.05, 3.63) is 12.2 Å². The van der Waals surface area contributed by atoms with Gasteiger partial charge in [-0.1, -0.05) is 19.9 Å². The van der Waals surface area contributed by atoms with Crippen LogP contribution in [0, 0.1) is 34.0 Å². The van der Waals surface area contributed by atoms with Gasteiger partial charge in [0.25, 0.3) is 0 Å². The molecule has 2 N–H and O–H groups in total. The van der Waals surface area contributed by atoms with Crippen molar-refractivity contribution in [3.8, 4) is 0 Å². The van der Waals surface area contributed by atoms with E-state index in [0.717, 1.165) is 44.5 Å². The summed E-state index contributed by atoms with van der Waals surface area (Å²) in [5.74, 6) is 1.41. The number of hydrogen-bond acceptors (Lipinski definition) is 3. The molecule has 2 unspecified atom stereocenters. The van der Waals surface area contributed by atoms with Gasteiger partial charge in [-0.3, -0.25) is 0 Å². The van der Waals surface area contributed by atoms with Crippen LogP contribution in [0.25, 0.3) is 0 Å². The van der Waals surface area contributed by atoms with Gasteiger partial charge < -0.3 is 14.9 Å². The second kappa shape index (κ2) is 4.42. The van der Waals surface area contributed by atoms with Gasteiger partial charge in [-0.2, -0.15) is 0 Å². The lowest BCUT2D eigenvalue weighted by Gasteiger charge is -2.72. The molecule has 0 aromatic carbocycles. The zero-order valence-electron chi connectivity index (χ0n) is 14.3. The van der Waals surface area contributed by atoms with Gasteiger partial charge >= 0.3 is 0 Å². The Morgan fingerprint density at radius 3 is 2.74 bits per heavy atom. The Morgan fingerprint density at radius 2 is 1.91 bits per heavy atom. The van der Waals surface area contributed by atoms with Gasteiger partial charge in [0, 0.05) is 10.8 Å². The Labute approximate surface area is 139 Å². The number of fused-ring (bicyclic) bond motifs is 2. The summed E-state index contributed by atoms with van der Waals surface area (Å²) in [7, 11) is 0. The van der Waals surface area contributed by atoms with Crippen molar-refractivity contribution in [2.45, 2.75) is 64.1 Å². The molecule has 23 heavy (non-hydrogen) atoms. The van der Waals surface area contributed by atoms with Crippen molar-refractivity contribution in [1.29, 1.82) is 0 Å². The van der Waals surface area contributed by atoms with Gasteiger partial charge in [0.1, 0.15) is 0 Å². The molecule has 4 bridgehead atoms. The first-order chi connectivity index (χ1) is 10.9. The Balaban J connectivity index is 1.66. The predicted molar refractivity (Wildman–Crippen MR) is 87.7 cm³/mol. The lowest BCUT2D eigenvalue weighted by molar-refractivity contribution is -0.294. The number of rotatable bonds is 0. The van der Waals surface area contributed by atoms with Crippen LogP contribution in [0.2, 0.25) is 0 Å². The Bertz CT molecular complexity index is 545. The van der Waals surface area contributed by atoms with E-state index < -0.39 is 6.10 Å². The van der Waals surface area contributed by atoms with Crippen LogP contribution in [0.5, 0.6) is 0 Å². The lowest BCUT2D eigenvalue weighted by Crippen LogP contribution is -2.72. The molecule has 5 saturated carbocycles. The van der Waals surface area contributed by atoms with Crippen LogP contribution in [0.3, 0.4) is 0 Å². The van der Waals surface area contributed by atoms with Crippen LogP contribution >= 0.6 is 0 Å². The molecule has 0 radical (unpaired) electrons. The summed E-state index contributed by atoms with van der Waals surface area (Å²) in [6.07, 6.45) is 6.87. The second-order valence-electron chi connectivity index (χ2n) is 9.65. The fourth-order valence-electron chi connectivity index (χ4n) is 7.97. The van der Waals surface area contributed by atoms with Crippen molar-refractivity contribution in [2.24, 2.45) is 34.0 Å². The van der Waals surface area contributed by atoms with Gasteiger partial charge in [0.15, 0.2) is 0 Å². The SMILES string of the molecule is C=C1[C@H]2CC[C@]3(C(C2)[C@@]24CCC[C@@](C)(COC2)C4C[C@H]3O)[C@H]1O. The summed E-state index contributed by atoms with van der Waals surface area (Å²) in [6, 6.07) is 0. The molecule has 6 rings (SSSR count). The smallest absolute Gasteiger partial charge is 0.0834 e. The van der Waals surface area contributed by atoms with Crippen molar-refractivity contribution in [3.63, 3.8) is 0 Å². The van der Waals surface area contributed by atoms with Crippen LogP contribution < -0.4 is 0 Å². The summed E-state index contributed by atoms with van der Waals surface area (Å²) in [6.45, 7) is 8.28. The van der Waals surface area contributed by atoms with Crippen LogP contribution in [-0.2, 0) is 4.74 Å². The minimum absolute atomic E-state index is 0.185. The minimum atomic E-state index is -0.513. The molecule has 6 fully saturated rings. The van der Waals surface area contributed by atoms with Gasteiger partial charge in [0.05, 0.1) is 25.4 Å². The summed E-state index contributed by atoms with van der Waals surface area (Å²) >= 11 is 0. The average molecular weight is 318 g/mol. The van der Waals surface area contributed by atoms with E-state index in [1.807, 2.05) is 0 Å². The molecule has 3 heteroatoms. The Hall–Kier alpha value is -0.380. The number of hydrogen-bond donors (Lipinski definition) is 2. The van der Waals surface area contributed by atoms with E-state index in [1.54, 1.807) is 0 Å². The van der Waals surface area contributed by atoms with Gasteiger partial charge in [0.2, 0.25) is 0 Å². The highest BCUT2D eigenvalue weighted by atomic mass is 16.5. The summed E-state index contributed by atoms with van der Waals surface area (Å²) < 4.78 is 6.16. The van der Waals surface area contributed by atoms with E-state index >= 15 is 0 Å². The molecule has 3 nitrogen and oxygen atoms in total. The molecule has 1 aliphatic heterocycles. The minimum Gasteiger partial charge on any atom is -0.392 e. The van der Waals surface area contributed by atoms with Crippen molar-refractivity contribution in [1.82, 2.24) is 0 Å². The highest BCUT2D eigenvalue weighted by Gasteiger charge is 2.71. The fourth-order valence-corrected chi connectivity index (χ4v) is 7.97. The first-order valence-corrected chi connectivity index (χ1v) is 9.57. The van der Waals surface area contributed by atoms with Crippen LogP contribution in [0.4, 0.5) is 0 Å². The predicted octanol–water partition coefficient (Wildman–Crippen LogP) is 2.91. The van der Waals surface area contributed by atoms with E-state index in [1.165, 1.54) is 19.3 Å². The monoisotopic (exact) mass is 318 g/mol. The molecule has 8 atom stereocenters. The molecule has 5 aliphatic carbocycles. The van der Waals surface area contributed by atoms with Gasteiger partial charge in [-0.15, -0.1) is 0 Å². The number of ether oxygens (including phenoxy) is 1. The van der Waals surface area contributed by atoms with Crippen molar-refractivity contribution in [2.75, 3.05) is 13.2 Å². The van der Waals surface area contributed by atoms with Gasteiger partial charge in [-0.25, -0.2) is 0 Å². The molecule has 1 saturated heterocycles. The second-order valence-corrected chi connectivity index (χ2v) is 9.65. The zero-order valence-corrected chi connectivity index (χ0v) is 14.3. The van der Waals surface area contributed by atoms with Crippen LogP contribution in [-0.4, -0.2) is 35.6 Å². The number of aliphatic hydroxyl groups is 2. The first kappa shape index (κ1) is 14.9. The topological polar surface area (TPSA) is 49.7 Å². The maximum absolute atomic E-state index is 11.2. The highest BCUT2D eigenvalue weighted by molar-refractivity contribution is 5.29. The van der Waals surface area contributed by atoms with E-state index in [-0.39, 0.29) is 22.3 Å². The third-order valence-corrected chi connectivity index (χ3v) is 8.98. The molecule has 0 amide bonds. The van der Waals surface area contributed by atoms with Crippen LogP contribution in [0.1, 0.15) is 51.9 Å². The summed E-state index contributed by atoms with van der Waals surface area (Å²) in [5, 5.41) is 22.3. The number of aliphatic hydroxyl groups excluding tert-OH is 2. The molecule has 6 aliphatic rings. The van der Waals surface area contributed by atoms with Crippen LogP contribution in [0.15, 0.2) is 12.2 Å². The Kier molecular flexibility index (Phi) is 2.87. The van der Waals surface area contributed by atoms with Crippen molar-refractivity contribution >= 4 is 0 Å². The third kappa shape index (κ3) is 1.54. The highest BCUT2D eigenvalue weighted by Crippen LogP contribution is 2.73. The molecule has 1 heterocycles. The molecular weight excluding hydrogens is 288 g/mol. The lowest BCUT2D eigenvalue weighted by atomic mass is 9.35. The van der Waals surface area contributed by atoms with E-state index in [2.05, 4.69) is 13.5 Å². The van der Waals surface area contributed by atoms with E-state index in [0.29, 0.717) is 17.8 Å². The van der Waals surface area contributed by atoms with E-state index in [4.69, 9.17) is 4.74 Å². The maximum atomic E-state index is 11.2.